The lowest BCUT2D eigenvalue weighted by atomic mass is 10.1. The zero-order chi connectivity index (χ0) is 23.8. The first-order valence-electron chi connectivity index (χ1n) is 11.8. The lowest BCUT2D eigenvalue weighted by molar-refractivity contribution is -0.111. The molecular weight excluding hydrogens is 444 g/mol. The zero-order valence-corrected chi connectivity index (χ0v) is 19.2. The van der Waals surface area contributed by atoms with Crippen LogP contribution in [-0.2, 0) is 11.2 Å². The van der Waals surface area contributed by atoms with Gasteiger partial charge >= 0.3 is 0 Å². The van der Waals surface area contributed by atoms with Gasteiger partial charge in [0.25, 0.3) is 0 Å². The van der Waals surface area contributed by atoms with Gasteiger partial charge in [-0.3, -0.25) is 9.48 Å². The average Bonchev–Trinajstić information content (AvgIpc) is 3.63. The number of hydrogen-bond acceptors (Lipinski definition) is 8. The van der Waals surface area contributed by atoms with Crippen LogP contribution in [-0.4, -0.2) is 53.7 Å². The highest BCUT2D eigenvalue weighted by Gasteiger charge is 2.29. The number of piperidine rings is 1. The molecule has 1 aliphatic carbocycles. The van der Waals surface area contributed by atoms with Crippen LogP contribution in [0, 0.1) is 0 Å². The van der Waals surface area contributed by atoms with Crippen LogP contribution in [0.4, 0.5) is 17.3 Å². The summed E-state index contributed by atoms with van der Waals surface area (Å²) in [5.74, 6) is 0.246. The number of nitrogens with one attached hydrogen (secondary N) is 3. The third-order valence-corrected chi connectivity index (χ3v) is 6.73. The fourth-order valence-corrected chi connectivity index (χ4v) is 5.00. The zero-order valence-electron chi connectivity index (χ0n) is 19.2. The summed E-state index contributed by atoms with van der Waals surface area (Å²) in [7, 11) is 0. The number of benzene rings is 1. The molecule has 1 saturated heterocycles. The number of nitrogens with zero attached hydrogens (tertiary/aromatic N) is 7. The number of fused-ring (bicyclic) bond motifs is 2. The van der Waals surface area contributed by atoms with Crippen molar-refractivity contribution in [3.8, 4) is 0 Å². The highest BCUT2D eigenvalue weighted by Crippen LogP contribution is 2.38. The Hall–Kier alpha value is -4.12. The number of anilines is 3. The predicted molar refractivity (Wildman–Crippen MR) is 131 cm³/mol. The summed E-state index contributed by atoms with van der Waals surface area (Å²) in [6, 6.07) is 6.30. The molecular formula is C24H26N10O. The minimum absolute atomic E-state index is 0.0269. The summed E-state index contributed by atoms with van der Waals surface area (Å²) in [5.41, 5.74) is 5.15. The molecule has 0 saturated carbocycles. The molecule has 178 valence electrons. The van der Waals surface area contributed by atoms with Gasteiger partial charge in [0, 0.05) is 11.9 Å². The number of hydrogen-bond donors (Lipinski definition) is 3. The molecule has 4 heterocycles. The SMILES string of the molecule is C=CC(=O)Nc1cccc2c1CC[C@@H]2n1nnc2cnc(Nc3cnn(C4CCNCC4)c3)nc21. The maximum absolute atomic E-state index is 11.9. The van der Waals surface area contributed by atoms with Gasteiger partial charge in [0.15, 0.2) is 11.2 Å². The van der Waals surface area contributed by atoms with Crippen molar-refractivity contribution >= 4 is 34.4 Å². The van der Waals surface area contributed by atoms with Gasteiger partial charge in [-0.25, -0.2) is 9.67 Å². The summed E-state index contributed by atoms with van der Waals surface area (Å²) in [6.07, 6.45) is 10.6. The summed E-state index contributed by atoms with van der Waals surface area (Å²) >= 11 is 0. The van der Waals surface area contributed by atoms with Crippen molar-refractivity contribution in [1.29, 1.82) is 0 Å². The van der Waals surface area contributed by atoms with Gasteiger partial charge in [0.1, 0.15) is 0 Å². The first kappa shape index (κ1) is 21.4. The molecule has 3 N–H and O–H groups in total. The number of aromatic nitrogens is 7. The monoisotopic (exact) mass is 470 g/mol. The molecule has 1 aromatic carbocycles. The minimum atomic E-state index is -0.222. The molecule has 35 heavy (non-hydrogen) atoms. The molecule has 6 rings (SSSR count). The molecule has 0 spiro atoms. The number of rotatable bonds is 6. The summed E-state index contributed by atoms with van der Waals surface area (Å²) in [4.78, 5) is 21.0. The van der Waals surface area contributed by atoms with Crippen LogP contribution < -0.4 is 16.0 Å². The fraction of sp³-hybridized carbons (Fsp3) is 0.333. The first-order valence-corrected chi connectivity index (χ1v) is 11.8. The highest BCUT2D eigenvalue weighted by atomic mass is 16.1. The Morgan fingerprint density at radius 1 is 1.20 bits per heavy atom. The van der Waals surface area contributed by atoms with Gasteiger partial charge in [-0.15, -0.1) is 5.10 Å². The molecule has 11 heteroatoms. The van der Waals surface area contributed by atoms with Crippen LogP contribution in [0.1, 0.15) is 42.5 Å². The van der Waals surface area contributed by atoms with E-state index in [2.05, 4.69) is 49.0 Å². The smallest absolute Gasteiger partial charge is 0.247 e. The van der Waals surface area contributed by atoms with Crippen molar-refractivity contribution in [2.45, 2.75) is 37.8 Å². The van der Waals surface area contributed by atoms with E-state index in [0.717, 1.165) is 61.3 Å². The van der Waals surface area contributed by atoms with E-state index in [4.69, 9.17) is 4.98 Å². The molecule has 0 bridgehead atoms. The molecule has 0 radical (unpaired) electrons. The molecule has 1 fully saturated rings. The molecule has 1 amide bonds. The van der Waals surface area contributed by atoms with Crippen molar-refractivity contribution in [3.63, 3.8) is 0 Å². The van der Waals surface area contributed by atoms with E-state index in [-0.39, 0.29) is 11.9 Å². The number of carbonyl (C=O) groups excluding carboxylic acids is 1. The lowest BCUT2D eigenvalue weighted by Crippen LogP contribution is -2.29. The Labute approximate surface area is 201 Å². The molecule has 4 aromatic rings. The quantitative estimate of drug-likeness (QED) is 0.367. The Bertz CT molecular complexity index is 1400. The second-order valence-corrected chi connectivity index (χ2v) is 8.87. The van der Waals surface area contributed by atoms with E-state index < -0.39 is 0 Å². The topological polar surface area (TPSA) is 127 Å². The third kappa shape index (κ3) is 4.03. The highest BCUT2D eigenvalue weighted by molar-refractivity contribution is 5.99. The van der Waals surface area contributed by atoms with Crippen LogP contribution in [0.5, 0.6) is 0 Å². The van der Waals surface area contributed by atoms with Gasteiger partial charge in [-0.05, 0) is 62.0 Å². The maximum Gasteiger partial charge on any atom is 0.247 e. The number of carbonyl (C=O) groups is 1. The third-order valence-electron chi connectivity index (χ3n) is 6.73. The Balaban J connectivity index is 1.27. The lowest BCUT2D eigenvalue weighted by Gasteiger charge is -2.22. The van der Waals surface area contributed by atoms with Gasteiger partial charge in [0.2, 0.25) is 11.9 Å². The standard InChI is InChI=1S/C24H26N10O/c1-2-22(35)29-19-5-3-4-18-17(19)6-7-21(18)34-23-20(31-32-34)13-26-24(30-23)28-15-12-27-33(14-15)16-8-10-25-11-9-16/h2-5,12-14,16,21,25H,1,6-11H2,(H,29,35)(H,26,28,30)/t21-/m0/s1. The van der Waals surface area contributed by atoms with Crippen LogP contribution in [0.15, 0.2) is 49.4 Å². The van der Waals surface area contributed by atoms with Gasteiger partial charge < -0.3 is 16.0 Å². The molecule has 1 aliphatic heterocycles. The number of amides is 1. The summed E-state index contributed by atoms with van der Waals surface area (Å²) in [6.45, 7) is 5.56. The van der Waals surface area contributed by atoms with Crippen LogP contribution in [0.3, 0.4) is 0 Å². The van der Waals surface area contributed by atoms with E-state index in [0.29, 0.717) is 23.2 Å². The Morgan fingerprint density at radius 2 is 2.09 bits per heavy atom. The molecule has 1 atom stereocenters. The van der Waals surface area contributed by atoms with Gasteiger partial charge in [-0.2, -0.15) is 10.1 Å². The van der Waals surface area contributed by atoms with Crippen LogP contribution in [0.25, 0.3) is 11.2 Å². The van der Waals surface area contributed by atoms with Crippen molar-refractivity contribution in [2.24, 2.45) is 0 Å². The van der Waals surface area contributed by atoms with E-state index in [9.17, 15) is 4.79 Å². The van der Waals surface area contributed by atoms with E-state index >= 15 is 0 Å². The Kier molecular flexibility index (Phi) is 5.45. The Morgan fingerprint density at radius 3 is 2.94 bits per heavy atom. The molecule has 3 aromatic heterocycles. The van der Waals surface area contributed by atoms with Crippen molar-refractivity contribution < 1.29 is 4.79 Å². The van der Waals surface area contributed by atoms with E-state index in [1.165, 1.54) is 6.08 Å². The summed E-state index contributed by atoms with van der Waals surface area (Å²) < 4.78 is 3.87. The second-order valence-electron chi connectivity index (χ2n) is 8.87. The van der Waals surface area contributed by atoms with Crippen molar-refractivity contribution in [2.75, 3.05) is 23.7 Å². The molecule has 11 nitrogen and oxygen atoms in total. The largest absolute Gasteiger partial charge is 0.322 e. The maximum atomic E-state index is 11.9. The van der Waals surface area contributed by atoms with Crippen LogP contribution in [0.2, 0.25) is 0 Å². The van der Waals surface area contributed by atoms with Gasteiger partial charge in [-0.1, -0.05) is 23.9 Å². The van der Waals surface area contributed by atoms with E-state index in [1.807, 2.05) is 27.7 Å². The first-order chi connectivity index (χ1) is 17.2. The fourth-order valence-electron chi connectivity index (χ4n) is 5.00. The summed E-state index contributed by atoms with van der Waals surface area (Å²) in [5, 5.41) is 22.8. The predicted octanol–water partition coefficient (Wildman–Crippen LogP) is 2.75. The molecule has 0 unspecified atom stereocenters. The second kappa shape index (κ2) is 8.91. The normalized spacial score (nSPS) is 17.9. The van der Waals surface area contributed by atoms with Crippen molar-refractivity contribution in [3.05, 3.63) is 60.6 Å². The molecule has 2 aliphatic rings. The van der Waals surface area contributed by atoms with E-state index in [1.54, 1.807) is 12.4 Å². The van der Waals surface area contributed by atoms with Crippen LogP contribution >= 0.6 is 0 Å². The minimum Gasteiger partial charge on any atom is -0.322 e. The van der Waals surface area contributed by atoms with Crippen molar-refractivity contribution in [1.82, 2.24) is 40.1 Å². The average molecular weight is 471 g/mol. The van der Waals surface area contributed by atoms with Gasteiger partial charge in [0.05, 0.1) is 30.2 Å².